The topological polar surface area (TPSA) is 29.9 Å². The summed E-state index contributed by atoms with van der Waals surface area (Å²) in [4.78, 5) is 0. The van der Waals surface area contributed by atoms with Crippen molar-refractivity contribution < 1.29 is 0 Å². The quantitative estimate of drug-likeness (QED) is 0.729. The molecule has 1 rings (SSSR count). The zero-order valence-corrected chi connectivity index (χ0v) is 16.2. The number of nitrogens with one attached hydrogen (secondary N) is 1. The summed E-state index contributed by atoms with van der Waals surface area (Å²) in [6, 6.07) is 0.579. The lowest BCUT2D eigenvalue weighted by Crippen LogP contribution is -2.40. The van der Waals surface area contributed by atoms with Gasteiger partial charge in [0, 0.05) is 12.6 Å². The monoisotopic (exact) mass is 357 g/mol. The van der Waals surface area contributed by atoms with Crippen molar-refractivity contribution in [2.45, 2.75) is 79.8 Å². The van der Waals surface area contributed by atoms with Crippen molar-refractivity contribution >= 4 is 15.9 Å². The van der Waals surface area contributed by atoms with Crippen molar-refractivity contribution in [2.75, 3.05) is 6.54 Å². The molecule has 3 nitrogen and oxygen atoms in total. The van der Waals surface area contributed by atoms with E-state index in [0.717, 1.165) is 25.2 Å². The molecule has 0 saturated carbocycles. The van der Waals surface area contributed by atoms with Crippen LogP contribution in [0.2, 0.25) is 0 Å². The second kappa shape index (κ2) is 8.33. The van der Waals surface area contributed by atoms with Crippen LogP contribution in [0.1, 0.15) is 65.3 Å². The van der Waals surface area contributed by atoms with Crippen LogP contribution in [-0.4, -0.2) is 22.4 Å². The summed E-state index contributed by atoms with van der Waals surface area (Å²) in [5.74, 6) is 0. The molecule has 0 aliphatic carbocycles. The van der Waals surface area contributed by atoms with Crippen molar-refractivity contribution in [3.8, 4) is 0 Å². The van der Waals surface area contributed by atoms with E-state index in [-0.39, 0.29) is 0 Å². The van der Waals surface area contributed by atoms with Gasteiger partial charge in [0.25, 0.3) is 0 Å². The van der Waals surface area contributed by atoms with Gasteiger partial charge in [-0.2, -0.15) is 5.10 Å². The SMILES string of the molecule is CCCNC(CCCc1c(Br)c(C)nn1CC)C(C)(C)C. The lowest BCUT2D eigenvalue weighted by molar-refractivity contribution is 0.251. The molecule has 0 fully saturated rings. The van der Waals surface area contributed by atoms with Crippen molar-refractivity contribution in [1.82, 2.24) is 15.1 Å². The van der Waals surface area contributed by atoms with Crippen LogP contribution in [0.15, 0.2) is 4.47 Å². The van der Waals surface area contributed by atoms with Crippen LogP contribution in [-0.2, 0) is 13.0 Å². The second-order valence-electron chi connectivity index (χ2n) is 6.93. The van der Waals surface area contributed by atoms with Gasteiger partial charge in [-0.25, -0.2) is 0 Å². The van der Waals surface area contributed by atoms with E-state index >= 15 is 0 Å². The van der Waals surface area contributed by atoms with E-state index in [4.69, 9.17) is 0 Å². The van der Waals surface area contributed by atoms with E-state index in [0.29, 0.717) is 11.5 Å². The number of aromatic nitrogens is 2. The van der Waals surface area contributed by atoms with Gasteiger partial charge in [-0.3, -0.25) is 4.68 Å². The predicted molar refractivity (Wildman–Crippen MR) is 94.8 cm³/mol. The molecule has 0 spiro atoms. The molecule has 0 bridgehead atoms. The fraction of sp³-hybridized carbons (Fsp3) is 0.824. The molecule has 4 heteroatoms. The Balaban J connectivity index is 2.62. The summed E-state index contributed by atoms with van der Waals surface area (Å²) in [5, 5.41) is 8.29. The highest BCUT2D eigenvalue weighted by Gasteiger charge is 2.23. The minimum Gasteiger partial charge on any atom is -0.313 e. The number of aryl methyl sites for hydroxylation is 2. The van der Waals surface area contributed by atoms with Crippen molar-refractivity contribution in [3.63, 3.8) is 0 Å². The van der Waals surface area contributed by atoms with Gasteiger partial charge in [0.1, 0.15) is 0 Å². The third-order valence-electron chi connectivity index (χ3n) is 4.05. The van der Waals surface area contributed by atoms with E-state index < -0.39 is 0 Å². The molecule has 1 N–H and O–H groups in total. The summed E-state index contributed by atoms with van der Waals surface area (Å²) in [5.41, 5.74) is 2.76. The van der Waals surface area contributed by atoms with Gasteiger partial charge in [0.2, 0.25) is 0 Å². The largest absolute Gasteiger partial charge is 0.313 e. The van der Waals surface area contributed by atoms with Crippen molar-refractivity contribution in [3.05, 3.63) is 15.9 Å². The molecule has 1 aromatic rings. The van der Waals surface area contributed by atoms with Gasteiger partial charge in [0.05, 0.1) is 15.9 Å². The molecule has 1 heterocycles. The first-order valence-electron chi connectivity index (χ1n) is 8.26. The summed E-state index contributed by atoms with van der Waals surface area (Å²) >= 11 is 3.69. The molecule has 1 atom stereocenters. The maximum absolute atomic E-state index is 4.58. The standard InChI is InChI=1S/C17H32BrN3/c1-7-12-19-15(17(4,5)6)11-9-10-14-16(18)13(3)20-21(14)8-2/h15,19H,7-12H2,1-6H3. The maximum Gasteiger partial charge on any atom is 0.0738 e. The Morgan fingerprint density at radius 1 is 1.29 bits per heavy atom. The van der Waals surface area contributed by atoms with Crippen LogP contribution in [0.5, 0.6) is 0 Å². The predicted octanol–water partition coefficient (Wildman–Crippen LogP) is 4.71. The molecule has 0 aliphatic rings. The van der Waals surface area contributed by atoms with E-state index in [9.17, 15) is 0 Å². The minimum atomic E-state index is 0.313. The normalized spacial score (nSPS) is 13.7. The first-order chi connectivity index (χ1) is 9.81. The number of hydrogen-bond donors (Lipinski definition) is 1. The summed E-state index contributed by atoms with van der Waals surface area (Å²) < 4.78 is 3.32. The molecule has 0 aliphatic heterocycles. The molecular weight excluding hydrogens is 326 g/mol. The van der Waals surface area contributed by atoms with Gasteiger partial charge in [-0.15, -0.1) is 0 Å². The zero-order chi connectivity index (χ0) is 16.0. The van der Waals surface area contributed by atoms with Crippen LogP contribution in [0.25, 0.3) is 0 Å². The van der Waals surface area contributed by atoms with E-state index in [1.54, 1.807) is 0 Å². The van der Waals surface area contributed by atoms with Crippen LogP contribution < -0.4 is 5.32 Å². The summed E-state index contributed by atoms with van der Waals surface area (Å²) in [7, 11) is 0. The average molecular weight is 358 g/mol. The Labute approximate surface area is 139 Å². The van der Waals surface area contributed by atoms with Gasteiger partial charge in [0.15, 0.2) is 0 Å². The molecule has 1 aromatic heterocycles. The highest BCUT2D eigenvalue weighted by molar-refractivity contribution is 9.10. The number of nitrogens with zero attached hydrogens (tertiary/aromatic N) is 2. The smallest absolute Gasteiger partial charge is 0.0738 e. The third kappa shape index (κ3) is 5.41. The Morgan fingerprint density at radius 3 is 2.48 bits per heavy atom. The Bertz CT molecular complexity index is 432. The Morgan fingerprint density at radius 2 is 1.95 bits per heavy atom. The molecule has 122 valence electrons. The number of hydrogen-bond acceptors (Lipinski definition) is 2. The van der Waals surface area contributed by atoms with Gasteiger partial charge in [-0.05, 0) is 67.4 Å². The van der Waals surface area contributed by atoms with Crippen molar-refractivity contribution in [2.24, 2.45) is 5.41 Å². The number of halogens is 1. The first kappa shape index (κ1) is 18.7. The minimum absolute atomic E-state index is 0.313. The molecule has 0 aromatic carbocycles. The van der Waals surface area contributed by atoms with E-state index in [1.165, 1.54) is 29.4 Å². The van der Waals surface area contributed by atoms with E-state index in [1.807, 2.05) is 0 Å². The van der Waals surface area contributed by atoms with Crippen LogP contribution in [0, 0.1) is 12.3 Å². The van der Waals surface area contributed by atoms with Crippen LogP contribution in [0.4, 0.5) is 0 Å². The van der Waals surface area contributed by atoms with Gasteiger partial charge in [-0.1, -0.05) is 27.7 Å². The molecule has 1 unspecified atom stereocenters. The van der Waals surface area contributed by atoms with Crippen LogP contribution in [0.3, 0.4) is 0 Å². The highest BCUT2D eigenvalue weighted by atomic mass is 79.9. The fourth-order valence-corrected chi connectivity index (χ4v) is 3.22. The summed E-state index contributed by atoms with van der Waals surface area (Å²) in [6.45, 7) is 15.5. The summed E-state index contributed by atoms with van der Waals surface area (Å²) in [6.07, 6.45) is 4.70. The zero-order valence-electron chi connectivity index (χ0n) is 14.6. The Kier molecular flexibility index (Phi) is 7.41. The number of rotatable bonds is 8. The Hall–Kier alpha value is -0.350. The average Bonchev–Trinajstić information content (AvgIpc) is 2.68. The van der Waals surface area contributed by atoms with E-state index in [2.05, 4.69) is 72.6 Å². The second-order valence-corrected chi connectivity index (χ2v) is 7.72. The van der Waals surface area contributed by atoms with Crippen molar-refractivity contribution in [1.29, 1.82) is 0 Å². The third-order valence-corrected chi connectivity index (χ3v) is 5.08. The maximum atomic E-state index is 4.58. The fourth-order valence-electron chi connectivity index (χ4n) is 2.74. The van der Waals surface area contributed by atoms with Crippen LogP contribution >= 0.6 is 15.9 Å². The lowest BCUT2D eigenvalue weighted by atomic mass is 9.83. The first-order valence-corrected chi connectivity index (χ1v) is 9.05. The van der Waals surface area contributed by atoms with Gasteiger partial charge >= 0.3 is 0 Å². The molecule has 0 radical (unpaired) electrons. The molecule has 21 heavy (non-hydrogen) atoms. The van der Waals surface area contributed by atoms with Gasteiger partial charge < -0.3 is 5.32 Å². The molecular formula is C17H32BrN3. The molecule has 0 amide bonds. The highest BCUT2D eigenvalue weighted by Crippen LogP contribution is 2.26. The molecule has 0 saturated heterocycles. The lowest BCUT2D eigenvalue weighted by Gasteiger charge is -2.32.